The molecular weight excluding hydrogens is 348 g/mol. The van der Waals surface area contributed by atoms with Gasteiger partial charge in [-0.3, -0.25) is 14.2 Å². The van der Waals surface area contributed by atoms with E-state index in [1.807, 2.05) is 57.2 Å². The van der Waals surface area contributed by atoms with E-state index in [4.69, 9.17) is 0 Å². The van der Waals surface area contributed by atoms with Gasteiger partial charge >= 0.3 is 0 Å². The molecule has 1 aromatic carbocycles. The second-order valence-corrected chi connectivity index (χ2v) is 7.56. The highest BCUT2D eigenvalue weighted by Gasteiger charge is 2.15. The molecule has 3 aromatic rings. The van der Waals surface area contributed by atoms with Gasteiger partial charge in [-0.15, -0.1) is 0 Å². The number of aromatic nitrogens is 3. The highest BCUT2D eigenvalue weighted by atomic mass is 32.2. The summed E-state index contributed by atoms with van der Waals surface area (Å²) in [6.07, 6.45) is 0. The summed E-state index contributed by atoms with van der Waals surface area (Å²) in [5, 5.41) is 3.42. The third-order valence-electron chi connectivity index (χ3n) is 3.78. The van der Waals surface area contributed by atoms with Gasteiger partial charge in [-0.1, -0.05) is 43.8 Å². The standard InChI is InChI=1S/C19H22N4O2S/c1-12(2)10-23-18(25)17-15(9-13(3)20-17)22-19(23)26-11-16(24)21-14-7-5-4-6-8-14/h4-9,12,20H,10-11H2,1-3H3,(H,21,24). The molecule has 0 atom stereocenters. The van der Waals surface area contributed by atoms with Crippen molar-refractivity contribution in [3.8, 4) is 0 Å². The van der Waals surface area contributed by atoms with Crippen LogP contribution in [0.25, 0.3) is 11.0 Å². The van der Waals surface area contributed by atoms with Gasteiger partial charge < -0.3 is 10.3 Å². The maximum Gasteiger partial charge on any atom is 0.278 e. The zero-order valence-corrected chi connectivity index (χ0v) is 15.9. The van der Waals surface area contributed by atoms with Crippen molar-refractivity contribution in [3.63, 3.8) is 0 Å². The lowest BCUT2D eigenvalue weighted by Crippen LogP contribution is -2.26. The van der Waals surface area contributed by atoms with Crippen LogP contribution in [0.15, 0.2) is 46.3 Å². The fourth-order valence-electron chi connectivity index (χ4n) is 2.70. The Bertz CT molecular complexity index is 976. The van der Waals surface area contributed by atoms with Gasteiger partial charge in [-0.05, 0) is 31.0 Å². The Kier molecular flexibility index (Phi) is 5.46. The maximum atomic E-state index is 12.8. The Hall–Kier alpha value is -2.54. The fraction of sp³-hybridized carbons (Fsp3) is 0.316. The van der Waals surface area contributed by atoms with Gasteiger partial charge in [-0.25, -0.2) is 4.98 Å². The number of fused-ring (bicyclic) bond motifs is 1. The number of carbonyl (C=O) groups is 1. The number of anilines is 1. The van der Waals surface area contributed by atoms with Crippen molar-refractivity contribution in [2.45, 2.75) is 32.5 Å². The van der Waals surface area contributed by atoms with Gasteiger partial charge in [0, 0.05) is 17.9 Å². The van der Waals surface area contributed by atoms with E-state index >= 15 is 0 Å². The average Bonchev–Trinajstić information content (AvgIpc) is 2.97. The van der Waals surface area contributed by atoms with Crippen molar-refractivity contribution >= 4 is 34.4 Å². The Labute approximate surface area is 156 Å². The smallest absolute Gasteiger partial charge is 0.278 e. The number of thioether (sulfide) groups is 1. The van der Waals surface area contributed by atoms with E-state index in [1.54, 1.807) is 4.57 Å². The number of hydrogen-bond donors (Lipinski definition) is 2. The van der Waals surface area contributed by atoms with E-state index in [-0.39, 0.29) is 17.2 Å². The van der Waals surface area contributed by atoms with Crippen LogP contribution in [0.3, 0.4) is 0 Å². The predicted octanol–water partition coefficient (Wildman–Crippen LogP) is 3.42. The maximum absolute atomic E-state index is 12.8. The first-order chi connectivity index (χ1) is 12.4. The molecule has 26 heavy (non-hydrogen) atoms. The zero-order chi connectivity index (χ0) is 18.7. The molecule has 3 rings (SSSR count). The summed E-state index contributed by atoms with van der Waals surface area (Å²) >= 11 is 1.28. The molecule has 2 N–H and O–H groups in total. The number of rotatable bonds is 6. The van der Waals surface area contributed by atoms with E-state index in [0.717, 1.165) is 11.4 Å². The minimum atomic E-state index is -0.128. The van der Waals surface area contributed by atoms with Crippen molar-refractivity contribution in [2.75, 3.05) is 11.1 Å². The number of nitrogens with one attached hydrogen (secondary N) is 2. The number of H-pyrrole nitrogens is 1. The molecule has 0 aliphatic rings. The Morgan fingerprint density at radius 1 is 1.31 bits per heavy atom. The molecule has 1 amide bonds. The molecule has 0 aliphatic heterocycles. The number of aryl methyl sites for hydroxylation is 1. The van der Waals surface area contributed by atoms with Gasteiger partial charge in [0.2, 0.25) is 5.91 Å². The number of nitrogens with zero attached hydrogens (tertiary/aromatic N) is 2. The Balaban J connectivity index is 1.83. The van der Waals surface area contributed by atoms with Crippen molar-refractivity contribution in [1.82, 2.24) is 14.5 Å². The van der Waals surface area contributed by atoms with E-state index in [9.17, 15) is 9.59 Å². The first kappa shape index (κ1) is 18.3. The number of benzene rings is 1. The van der Waals surface area contributed by atoms with Crippen molar-refractivity contribution in [1.29, 1.82) is 0 Å². The molecule has 136 valence electrons. The van der Waals surface area contributed by atoms with Crippen LogP contribution >= 0.6 is 11.8 Å². The topological polar surface area (TPSA) is 79.8 Å². The molecule has 6 nitrogen and oxygen atoms in total. The van der Waals surface area contributed by atoms with Gasteiger partial charge in [-0.2, -0.15) is 0 Å². The highest BCUT2D eigenvalue weighted by molar-refractivity contribution is 7.99. The van der Waals surface area contributed by atoms with Crippen molar-refractivity contribution < 1.29 is 4.79 Å². The molecular formula is C19H22N4O2S. The van der Waals surface area contributed by atoms with Crippen LogP contribution in [0.2, 0.25) is 0 Å². The van der Waals surface area contributed by atoms with E-state index in [0.29, 0.717) is 28.7 Å². The summed E-state index contributed by atoms with van der Waals surface area (Å²) in [5.74, 6) is 0.353. The SMILES string of the molecule is Cc1cc2nc(SCC(=O)Nc3ccccc3)n(CC(C)C)c(=O)c2[nH]1. The third-order valence-corrected chi connectivity index (χ3v) is 4.75. The molecule has 0 spiro atoms. The number of hydrogen-bond acceptors (Lipinski definition) is 4. The molecule has 2 aromatic heterocycles. The van der Waals surface area contributed by atoms with E-state index in [1.165, 1.54) is 11.8 Å². The van der Waals surface area contributed by atoms with Crippen LogP contribution in [0, 0.1) is 12.8 Å². The second kappa shape index (κ2) is 7.78. The minimum absolute atomic E-state index is 0.0947. The molecule has 0 bridgehead atoms. The van der Waals surface area contributed by atoms with Crippen LogP contribution < -0.4 is 10.9 Å². The summed E-state index contributed by atoms with van der Waals surface area (Å²) in [7, 11) is 0. The van der Waals surface area contributed by atoms with E-state index in [2.05, 4.69) is 15.3 Å². The Morgan fingerprint density at radius 2 is 2.04 bits per heavy atom. The molecule has 0 aliphatic carbocycles. The highest BCUT2D eigenvalue weighted by Crippen LogP contribution is 2.20. The van der Waals surface area contributed by atoms with Crippen LogP contribution in [0.1, 0.15) is 19.5 Å². The molecule has 2 heterocycles. The molecule has 0 fully saturated rings. The van der Waals surface area contributed by atoms with Crippen LogP contribution in [-0.4, -0.2) is 26.2 Å². The molecule has 0 radical (unpaired) electrons. The normalized spacial score (nSPS) is 11.2. The van der Waals surface area contributed by atoms with Gasteiger partial charge in [0.25, 0.3) is 5.56 Å². The minimum Gasteiger partial charge on any atom is -0.353 e. The summed E-state index contributed by atoms with van der Waals surface area (Å²) < 4.78 is 1.66. The first-order valence-electron chi connectivity index (χ1n) is 8.52. The van der Waals surface area contributed by atoms with Gasteiger partial charge in [0.15, 0.2) is 5.16 Å². The lowest BCUT2D eigenvalue weighted by Gasteiger charge is -2.13. The quantitative estimate of drug-likeness (QED) is 0.515. The first-order valence-corrected chi connectivity index (χ1v) is 9.50. The molecule has 0 unspecified atom stereocenters. The fourth-order valence-corrected chi connectivity index (χ4v) is 3.50. The number of aromatic amines is 1. The summed E-state index contributed by atoms with van der Waals surface area (Å²) in [5.41, 5.74) is 2.70. The molecule has 7 heteroatoms. The third kappa shape index (κ3) is 4.16. The monoisotopic (exact) mass is 370 g/mol. The van der Waals surface area contributed by atoms with Gasteiger partial charge in [0.05, 0.1) is 11.3 Å². The largest absolute Gasteiger partial charge is 0.353 e. The molecule has 0 saturated heterocycles. The number of para-hydroxylation sites is 1. The van der Waals surface area contributed by atoms with Gasteiger partial charge in [0.1, 0.15) is 5.52 Å². The average molecular weight is 370 g/mol. The summed E-state index contributed by atoms with van der Waals surface area (Å²) in [6, 6.07) is 11.2. The predicted molar refractivity (Wildman–Crippen MR) is 106 cm³/mol. The van der Waals surface area contributed by atoms with Crippen LogP contribution in [0.4, 0.5) is 5.69 Å². The van der Waals surface area contributed by atoms with Crippen LogP contribution in [0.5, 0.6) is 0 Å². The van der Waals surface area contributed by atoms with E-state index < -0.39 is 0 Å². The second-order valence-electron chi connectivity index (χ2n) is 6.62. The summed E-state index contributed by atoms with van der Waals surface area (Å²) in [4.78, 5) is 32.7. The summed E-state index contributed by atoms with van der Waals surface area (Å²) in [6.45, 7) is 6.55. The van der Waals surface area contributed by atoms with Crippen molar-refractivity contribution in [3.05, 3.63) is 52.4 Å². The molecule has 0 saturated carbocycles. The lowest BCUT2D eigenvalue weighted by molar-refractivity contribution is -0.113. The number of carbonyl (C=O) groups excluding carboxylic acids is 1. The van der Waals surface area contributed by atoms with Crippen LogP contribution in [-0.2, 0) is 11.3 Å². The lowest BCUT2D eigenvalue weighted by atomic mass is 10.2. The van der Waals surface area contributed by atoms with Crippen molar-refractivity contribution in [2.24, 2.45) is 5.92 Å². The number of amides is 1. The zero-order valence-electron chi connectivity index (χ0n) is 15.1. The Morgan fingerprint density at radius 3 is 2.73 bits per heavy atom.